The summed E-state index contributed by atoms with van der Waals surface area (Å²) in [5.41, 5.74) is -0.658. The molecule has 1 atom stereocenters. The van der Waals surface area contributed by atoms with Crippen LogP contribution in [0.1, 0.15) is 45.3 Å². The van der Waals surface area contributed by atoms with Crippen LogP contribution in [0.15, 0.2) is 42.5 Å². The summed E-state index contributed by atoms with van der Waals surface area (Å²) in [6.45, 7) is 7.35. The number of carbonyl (C=O) groups excluding carboxylic acids is 2. The third kappa shape index (κ3) is 5.44. The van der Waals surface area contributed by atoms with Crippen molar-refractivity contribution < 1.29 is 37.7 Å². The first kappa shape index (κ1) is 28.1. The Morgan fingerprint density at radius 3 is 2.23 bits per heavy atom. The highest BCUT2D eigenvalue weighted by Crippen LogP contribution is 2.54. The Bertz CT molecular complexity index is 1250. The molecule has 0 aliphatic carbocycles. The van der Waals surface area contributed by atoms with Gasteiger partial charge in [0.15, 0.2) is 11.7 Å². The van der Waals surface area contributed by atoms with E-state index in [4.69, 9.17) is 14.2 Å². The van der Waals surface area contributed by atoms with E-state index in [1.54, 1.807) is 62.1 Å². The maximum Gasteiger partial charge on any atom is 0.410 e. The third-order valence-corrected chi connectivity index (χ3v) is 7.55. The zero-order valence-corrected chi connectivity index (χ0v) is 22.9. The molecule has 1 unspecified atom stereocenters. The molecule has 1 spiro atoms. The molecule has 2 fully saturated rings. The van der Waals surface area contributed by atoms with Gasteiger partial charge < -0.3 is 34.4 Å². The number of nitrogens with one attached hydrogen (secondary N) is 1. The molecule has 0 bridgehead atoms. The summed E-state index contributed by atoms with van der Waals surface area (Å²) in [5.74, 6) is -3.38. The summed E-state index contributed by atoms with van der Waals surface area (Å²) in [7, 11) is 0. The predicted octanol–water partition coefficient (Wildman–Crippen LogP) is 5.05. The first-order chi connectivity index (χ1) is 18.9. The summed E-state index contributed by atoms with van der Waals surface area (Å²) in [4.78, 5) is 27.9. The molecular weight excluding hydrogens is 524 g/mol. The number of nitrogens with zero attached hydrogens (tertiary/aromatic N) is 2. The van der Waals surface area contributed by atoms with Crippen LogP contribution in [-0.2, 0) is 9.47 Å². The van der Waals surface area contributed by atoms with Crippen LogP contribution < -0.4 is 10.1 Å². The minimum atomic E-state index is -3.58. The van der Waals surface area contributed by atoms with Gasteiger partial charge in [-0.05, 0) is 56.2 Å². The molecule has 9 nitrogen and oxygen atoms in total. The highest BCUT2D eigenvalue weighted by Gasteiger charge is 2.64. The number of morpholine rings is 1. The number of aliphatic hydroxyl groups is 1. The van der Waals surface area contributed by atoms with E-state index in [0.717, 1.165) is 5.56 Å². The second kappa shape index (κ2) is 10.5. The van der Waals surface area contributed by atoms with Crippen LogP contribution in [-0.4, -0.2) is 83.5 Å². The van der Waals surface area contributed by atoms with Crippen LogP contribution in [0.25, 0.3) is 11.1 Å². The Balaban J connectivity index is 1.29. The van der Waals surface area contributed by atoms with Crippen LogP contribution >= 0.6 is 0 Å². The number of piperidine rings is 1. The normalized spacial score (nSPS) is 21.8. The zero-order valence-electron chi connectivity index (χ0n) is 22.9. The Morgan fingerprint density at radius 1 is 0.975 bits per heavy atom. The smallest absolute Gasteiger partial charge is 0.410 e. The Hall–Kier alpha value is -3.44. The Labute approximate surface area is 232 Å². The van der Waals surface area contributed by atoms with Gasteiger partial charge in [0, 0.05) is 50.3 Å². The predicted molar refractivity (Wildman–Crippen MR) is 144 cm³/mol. The number of rotatable bonds is 2. The van der Waals surface area contributed by atoms with Crippen LogP contribution in [0.4, 0.5) is 24.1 Å². The second-order valence-corrected chi connectivity index (χ2v) is 11.4. The number of hydrogen-bond acceptors (Lipinski definition) is 6. The Morgan fingerprint density at radius 2 is 1.60 bits per heavy atom. The van der Waals surface area contributed by atoms with Gasteiger partial charge in [-0.25, -0.2) is 9.59 Å². The van der Waals surface area contributed by atoms with Gasteiger partial charge >= 0.3 is 18.0 Å². The quantitative estimate of drug-likeness (QED) is 0.534. The van der Waals surface area contributed by atoms with Gasteiger partial charge in [-0.2, -0.15) is 8.78 Å². The standard InChI is InChI=1S/C29H35F2N3O6/c1-27(2,3)40-26(37)34-12-10-28(11-13-34)29(30,31)24(35)22-18-20(6-9-23(22)39-28)19-4-7-21(8-5-19)32-25(36)33-14-16-38-17-15-33/h4-9,18,24,35H,10-17H2,1-3H3,(H,32,36). The lowest BCUT2D eigenvalue weighted by Crippen LogP contribution is -2.63. The minimum Gasteiger partial charge on any atom is -0.480 e. The molecule has 0 radical (unpaired) electrons. The van der Waals surface area contributed by atoms with Gasteiger partial charge in [0.1, 0.15) is 11.4 Å². The molecule has 3 aliphatic heterocycles. The summed E-state index contributed by atoms with van der Waals surface area (Å²) < 4.78 is 48.0. The number of halogens is 2. The van der Waals surface area contributed by atoms with Gasteiger partial charge in [0.2, 0.25) is 0 Å². The first-order valence-corrected chi connectivity index (χ1v) is 13.5. The number of benzene rings is 2. The maximum absolute atomic E-state index is 15.7. The lowest BCUT2D eigenvalue weighted by Gasteiger charge is -2.50. The van der Waals surface area contributed by atoms with Crippen molar-refractivity contribution in [2.45, 2.75) is 56.8 Å². The van der Waals surface area contributed by atoms with Crippen molar-refractivity contribution in [2.24, 2.45) is 0 Å². The van der Waals surface area contributed by atoms with E-state index in [1.165, 1.54) is 11.0 Å². The van der Waals surface area contributed by atoms with Crippen molar-refractivity contribution in [3.8, 4) is 16.9 Å². The van der Waals surface area contributed by atoms with Crippen molar-refractivity contribution in [3.05, 3.63) is 48.0 Å². The number of urea groups is 1. The number of alkyl halides is 2. The van der Waals surface area contributed by atoms with Gasteiger partial charge in [-0.3, -0.25) is 0 Å². The number of hydrogen-bond donors (Lipinski definition) is 2. The van der Waals surface area contributed by atoms with Gasteiger partial charge in [0.25, 0.3) is 0 Å². The van der Waals surface area contributed by atoms with Gasteiger partial charge in [-0.1, -0.05) is 18.2 Å². The lowest BCUT2D eigenvalue weighted by molar-refractivity contribution is -0.247. The van der Waals surface area contributed by atoms with Gasteiger partial charge in [0.05, 0.1) is 13.2 Å². The molecule has 0 aromatic heterocycles. The van der Waals surface area contributed by atoms with Crippen molar-refractivity contribution in [3.63, 3.8) is 0 Å². The van der Waals surface area contributed by atoms with Crippen molar-refractivity contribution in [1.82, 2.24) is 9.80 Å². The van der Waals surface area contributed by atoms with Crippen molar-refractivity contribution in [2.75, 3.05) is 44.7 Å². The van der Waals surface area contributed by atoms with E-state index in [0.29, 0.717) is 37.6 Å². The summed E-state index contributed by atoms with van der Waals surface area (Å²) in [5, 5.41) is 13.7. The van der Waals surface area contributed by atoms with Crippen molar-refractivity contribution >= 4 is 17.8 Å². The third-order valence-electron chi connectivity index (χ3n) is 7.55. The van der Waals surface area contributed by atoms with E-state index >= 15 is 8.78 Å². The molecule has 2 aromatic carbocycles. The average Bonchev–Trinajstić information content (AvgIpc) is 2.92. The van der Waals surface area contributed by atoms with E-state index < -0.39 is 29.3 Å². The number of likely N-dealkylation sites (tertiary alicyclic amines) is 1. The van der Waals surface area contributed by atoms with E-state index in [9.17, 15) is 14.7 Å². The summed E-state index contributed by atoms with van der Waals surface area (Å²) in [6, 6.07) is 11.7. The number of anilines is 1. The first-order valence-electron chi connectivity index (χ1n) is 13.5. The van der Waals surface area contributed by atoms with Crippen molar-refractivity contribution in [1.29, 1.82) is 0 Å². The molecule has 40 heavy (non-hydrogen) atoms. The number of amides is 3. The largest absolute Gasteiger partial charge is 0.480 e. The highest BCUT2D eigenvalue weighted by atomic mass is 19.3. The minimum absolute atomic E-state index is 0.00685. The van der Waals surface area contributed by atoms with E-state index in [2.05, 4.69) is 5.32 Å². The summed E-state index contributed by atoms with van der Waals surface area (Å²) >= 11 is 0. The average molecular weight is 560 g/mol. The molecule has 216 valence electrons. The fourth-order valence-electron chi connectivity index (χ4n) is 5.28. The Kier molecular flexibility index (Phi) is 7.39. The molecule has 3 aliphatic rings. The molecule has 2 saturated heterocycles. The van der Waals surface area contributed by atoms with Gasteiger partial charge in [-0.15, -0.1) is 0 Å². The SMILES string of the molecule is CC(C)(C)OC(=O)N1CCC2(CC1)Oc1ccc(-c3ccc(NC(=O)N4CCOCC4)cc3)cc1C(O)C2(F)F. The zero-order chi connectivity index (χ0) is 28.7. The maximum atomic E-state index is 15.7. The van der Waals surface area contributed by atoms with Crippen LogP contribution in [0.2, 0.25) is 0 Å². The van der Waals surface area contributed by atoms with E-state index in [-0.39, 0.29) is 43.3 Å². The fourth-order valence-corrected chi connectivity index (χ4v) is 5.28. The number of aliphatic hydroxyl groups excluding tert-OH is 1. The molecular formula is C29H35F2N3O6. The highest BCUT2D eigenvalue weighted by molar-refractivity contribution is 5.89. The molecule has 0 saturated carbocycles. The lowest BCUT2D eigenvalue weighted by atomic mass is 9.78. The number of carbonyl (C=O) groups is 2. The molecule has 3 amide bonds. The molecule has 5 rings (SSSR count). The second-order valence-electron chi connectivity index (χ2n) is 11.4. The topological polar surface area (TPSA) is 101 Å². The number of fused-ring (bicyclic) bond motifs is 1. The molecule has 11 heteroatoms. The molecule has 2 aromatic rings. The van der Waals surface area contributed by atoms with Crippen LogP contribution in [0.3, 0.4) is 0 Å². The molecule has 2 N–H and O–H groups in total. The number of ether oxygens (including phenoxy) is 3. The molecule has 3 heterocycles. The van der Waals surface area contributed by atoms with Crippen LogP contribution in [0, 0.1) is 0 Å². The van der Waals surface area contributed by atoms with Crippen LogP contribution in [0.5, 0.6) is 5.75 Å². The van der Waals surface area contributed by atoms with E-state index in [1.807, 2.05) is 0 Å². The summed E-state index contributed by atoms with van der Waals surface area (Å²) in [6.07, 6.45) is -2.92. The fraction of sp³-hybridized carbons (Fsp3) is 0.517. The monoisotopic (exact) mass is 559 g/mol.